The largest absolute Gasteiger partial charge is 0.384 e. The summed E-state index contributed by atoms with van der Waals surface area (Å²) in [5.74, 6) is -0.929. The van der Waals surface area contributed by atoms with Gasteiger partial charge in [-0.25, -0.2) is 4.79 Å². The number of imide groups is 1. The van der Waals surface area contributed by atoms with Crippen LogP contribution in [0.5, 0.6) is 0 Å². The third-order valence-electron chi connectivity index (χ3n) is 7.11. The van der Waals surface area contributed by atoms with Crippen molar-refractivity contribution in [3.63, 3.8) is 0 Å². The number of fused-ring (bicyclic) bond motifs is 1. The average molecular weight is 506 g/mol. The van der Waals surface area contributed by atoms with Crippen LogP contribution in [0.2, 0.25) is 0 Å². The Bertz CT molecular complexity index is 1600. The molecule has 0 spiro atoms. The predicted molar refractivity (Wildman–Crippen MR) is 145 cm³/mol. The van der Waals surface area contributed by atoms with Crippen molar-refractivity contribution in [2.75, 3.05) is 0 Å². The van der Waals surface area contributed by atoms with Crippen LogP contribution in [0.1, 0.15) is 39.5 Å². The Morgan fingerprint density at radius 1 is 0.789 bits per heavy atom. The zero-order chi connectivity index (χ0) is 27.0. The smallest absolute Gasteiger partial charge is 0.328 e. The lowest BCUT2D eigenvalue weighted by molar-refractivity contribution is -0.133. The van der Waals surface area contributed by atoms with Crippen molar-refractivity contribution in [1.82, 2.24) is 9.80 Å². The Morgan fingerprint density at radius 3 is 2.21 bits per heavy atom. The van der Waals surface area contributed by atoms with Crippen molar-refractivity contribution in [2.24, 2.45) is 11.5 Å². The molecule has 0 saturated carbocycles. The van der Waals surface area contributed by atoms with Gasteiger partial charge in [0.05, 0.1) is 6.54 Å². The number of hydrogen-bond acceptors (Lipinski definition) is 4. The summed E-state index contributed by atoms with van der Waals surface area (Å²) in [4.78, 5) is 42.3. The molecule has 4 amide bonds. The summed E-state index contributed by atoms with van der Waals surface area (Å²) in [6.07, 6.45) is 0. The molecule has 1 atom stereocenters. The summed E-state index contributed by atoms with van der Waals surface area (Å²) in [7, 11) is 0. The molecule has 0 aromatic heterocycles. The molecule has 1 aliphatic rings. The van der Waals surface area contributed by atoms with Crippen LogP contribution in [0.25, 0.3) is 10.8 Å². The summed E-state index contributed by atoms with van der Waals surface area (Å²) in [5.41, 5.74) is 12.9. The van der Waals surface area contributed by atoms with E-state index in [1.807, 2.05) is 60.7 Å². The average Bonchev–Trinajstić information content (AvgIpc) is 3.10. The van der Waals surface area contributed by atoms with Gasteiger partial charge in [0.25, 0.3) is 5.91 Å². The van der Waals surface area contributed by atoms with Crippen LogP contribution in [0, 0.1) is 5.41 Å². The molecule has 0 bridgehead atoms. The van der Waals surface area contributed by atoms with E-state index >= 15 is 0 Å². The van der Waals surface area contributed by atoms with Crippen molar-refractivity contribution in [3.8, 4) is 0 Å². The molecule has 1 saturated heterocycles. The molecular weight excluding hydrogens is 478 g/mol. The van der Waals surface area contributed by atoms with Gasteiger partial charge in [0.2, 0.25) is 5.91 Å². The van der Waals surface area contributed by atoms with Crippen LogP contribution in [-0.4, -0.2) is 33.5 Å². The summed E-state index contributed by atoms with van der Waals surface area (Å²) in [5, 5.41) is 9.55. The van der Waals surface area contributed by atoms with Gasteiger partial charge in [-0.15, -0.1) is 0 Å². The van der Waals surface area contributed by atoms with E-state index in [-0.39, 0.29) is 24.8 Å². The monoisotopic (exact) mass is 505 g/mol. The van der Waals surface area contributed by atoms with Crippen LogP contribution in [-0.2, 0) is 23.4 Å². The Labute approximate surface area is 220 Å². The molecule has 5 rings (SSSR count). The molecule has 8 nitrogen and oxygen atoms in total. The maximum absolute atomic E-state index is 14.0. The maximum Gasteiger partial charge on any atom is 0.328 e. The van der Waals surface area contributed by atoms with E-state index in [2.05, 4.69) is 0 Å². The number of primary amides is 1. The maximum atomic E-state index is 14.0. The fraction of sp³-hybridized carbons (Fsp3) is 0.133. The minimum atomic E-state index is -1.25. The fourth-order valence-corrected chi connectivity index (χ4v) is 4.96. The van der Waals surface area contributed by atoms with Crippen LogP contribution < -0.4 is 11.5 Å². The van der Waals surface area contributed by atoms with Crippen LogP contribution >= 0.6 is 0 Å². The summed E-state index contributed by atoms with van der Waals surface area (Å²) >= 11 is 0. The van der Waals surface area contributed by atoms with Gasteiger partial charge in [-0.2, -0.15) is 0 Å². The Hall–Kier alpha value is -4.98. The number of benzene rings is 4. The lowest BCUT2D eigenvalue weighted by atomic mass is 9.90. The molecule has 1 aliphatic heterocycles. The number of nitrogen functional groups attached to an aromatic ring is 1. The molecule has 0 radical (unpaired) electrons. The first-order valence-electron chi connectivity index (χ1n) is 12.1. The van der Waals surface area contributed by atoms with Crippen molar-refractivity contribution in [1.29, 1.82) is 5.41 Å². The number of rotatable bonds is 7. The highest BCUT2D eigenvalue weighted by atomic mass is 16.2. The van der Waals surface area contributed by atoms with Crippen molar-refractivity contribution < 1.29 is 14.4 Å². The number of hydrogen-bond donors (Lipinski definition) is 3. The second-order valence-electron chi connectivity index (χ2n) is 9.57. The molecule has 0 aliphatic carbocycles. The molecule has 38 heavy (non-hydrogen) atoms. The number of carbonyl (C=O) groups excluding carboxylic acids is 3. The highest BCUT2D eigenvalue weighted by Gasteiger charge is 2.55. The van der Waals surface area contributed by atoms with Gasteiger partial charge in [-0.1, -0.05) is 66.7 Å². The van der Waals surface area contributed by atoms with Crippen molar-refractivity contribution >= 4 is 34.5 Å². The molecule has 1 heterocycles. The highest BCUT2D eigenvalue weighted by molar-refractivity contribution is 6.07. The Kier molecular flexibility index (Phi) is 6.16. The van der Waals surface area contributed by atoms with Crippen LogP contribution in [0.15, 0.2) is 91.0 Å². The van der Waals surface area contributed by atoms with Gasteiger partial charge in [0.1, 0.15) is 11.4 Å². The van der Waals surface area contributed by atoms with Gasteiger partial charge in [0, 0.05) is 17.7 Å². The van der Waals surface area contributed by atoms with Gasteiger partial charge in [0.15, 0.2) is 0 Å². The van der Waals surface area contributed by atoms with E-state index in [1.165, 1.54) is 4.90 Å². The third-order valence-corrected chi connectivity index (χ3v) is 7.11. The second kappa shape index (κ2) is 9.48. The molecular formula is C30H27N5O3. The SMILES string of the molecule is CC1(c2ccccc2)C(=O)N(Cc2ccc3ccc(C(=N)N)cc3c2)C(=O)N1Cc1cccc(C(N)=O)c1. The Balaban J connectivity index is 1.53. The van der Waals surface area contributed by atoms with Gasteiger partial charge in [-0.3, -0.25) is 19.9 Å². The zero-order valence-corrected chi connectivity index (χ0v) is 20.8. The van der Waals surface area contributed by atoms with E-state index in [4.69, 9.17) is 16.9 Å². The molecule has 4 aromatic rings. The summed E-state index contributed by atoms with van der Waals surface area (Å²) in [6, 6.07) is 26.7. The van der Waals surface area contributed by atoms with Crippen LogP contribution in [0.4, 0.5) is 4.79 Å². The highest BCUT2D eigenvalue weighted by Crippen LogP contribution is 2.39. The van der Waals surface area contributed by atoms with E-state index in [9.17, 15) is 14.4 Å². The van der Waals surface area contributed by atoms with Crippen molar-refractivity contribution in [2.45, 2.75) is 25.6 Å². The minimum absolute atomic E-state index is 0.0307. The first-order valence-corrected chi connectivity index (χ1v) is 12.1. The number of amidine groups is 1. The second-order valence-corrected chi connectivity index (χ2v) is 9.57. The normalized spacial score (nSPS) is 17.3. The van der Waals surface area contributed by atoms with Gasteiger partial charge >= 0.3 is 6.03 Å². The quantitative estimate of drug-likeness (QED) is 0.198. The lowest BCUT2D eigenvalue weighted by Gasteiger charge is -2.32. The summed E-state index contributed by atoms with van der Waals surface area (Å²) in [6.45, 7) is 1.95. The third kappa shape index (κ3) is 4.26. The Morgan fingerprint density at radius 2 is 1.50 bits per heavy atom. The minimum Gasteiger partial charge on any atom is -0.384 e. The molecule has 1 unspecified atom stereocenters. The number of nitrogens with one attached hydrogen (secondary N) is 1. The predicted octanol–water partition coefficient (Wildman–Crippen LogP) is 4.10. The molecule has 1 fully saturated rings. The summed E-state index contributed by atoms with van der Waals surface area (Å²) < 4.78 is 0. The van der Waals surface area contributed by atoms with E-state index in [0.29, 0.717) is 22.3 Å². The molecule has 5 N–H and O–H groups in total. The topological polar surface area (TPSA) is 134 Å². The standard InChI is InChI=1S/C30H27N5O3/c1-30(25-8-3-2-4-9-25)28(37)34(29(38)35(30)18-19-6-5-7-23(14-19)27(33)36)17-20-10-11-21-12-13-22(26(31)32)16-24(21)15-20/h2-16H,17-18H2,1H3,(H3,31,32)(H2,33,36). The number of nitrogens with zero attached hydrogens (tertiary/aromatic N) is 2. The lowest BCUT2D eigenvalue weighted by Crippen LogP contribution is -2.43. The molecule has 4 aromatic carbocycles. The first kappa shape index (κ1) is 24.7. The van der Waals surface area contributed by atoms with Crippen LogP contribution in [0.3, 0.4) is 0 Å². The number of carbonyl (C=O) groups is 3. The molecule has 8 heteroatoms. The first-order chi connectivity index (χ1) is 18.2. The van der Waals surface area contributed by atoms with E-state index in [0.717, 1.165) is 16.3 Å². The molecule has 190 valence electrons. The fourth-order valence-electron chi connectivity index (χ4n) is 4.96. The van der Waals surface area contributed by atoms with E-state index in [1.54, 1.807) is 42.2 Å². The van der Waals surface area contributed by atoms with E-state index < -0.39 is 17.5 Å². The van der Waals surface area contributed by atoms with Crippen molar-refractivity contribution in [3.05, 3.63) is 119 Å². The number of amides is 4. The van der Waals surface area contributed by atoms with Gasteiger partial charge in [-0.05, 0) is 58.7 Å². The zero-order valence-electron chi connectivity index (χ0n) is 20.8. The van der Waals surface area contributed by atoms with Gasteiger partial charge < -0.3 is 16.4 Å². The number of urea groups is 1. The number of nitrogens with two attached hydrogens (primary N) is 2.